The number of nitrogens with two attached hydrogens (primary N) is 1. The van der Waals surface area contributed by atoms with Gasteiger partial charge in [-0.25, -0.2) is 4.79 Å². The summed E-state index contributed by atoms with van der Waals surface area (Å²) in [4.78, 5) is 61.9. The minimum atomic E-state index is -1.39. The van der Waals surface area contributed by atoms with Gasteiger partial charge >= 0.3 is 11.9 Å². The standard InChI is InChI=1S/C21H28N4O8S/c22-13(9-17(27)28)18(29)23-14(8-11-3-5-12(26)6-4-11)20(31)25-7-1-2-16(25)19(30)24-15(10-34)21(32)33/h3-6,13-16,26,34H,1-2,7-10,22H2,(H,23,29)(H,24,30)(H,27,28)(H,32,33). The summed E-state index contributed by atoms with van der Waals surface area (Å²) in [5.74, 6) is -4.76. The monoisotopic (exact) mass is 496 g/mol. The Kier molecular flexibility index (Phi) is 9.69. The lowest BCUT2D eigenvalue weighted by molar-refractivity contribution is -0.144. The number of aromatic hydroxyl groups is 1. The van der Waals surface area contributed by atoms with Crippen molar-refractivity contribution < 1.29 is 39.3 Å². The molecule has 13 heteroatoms. The highest BCUT2D eigenvalue weighted by Crippen LogP contribution is 2.21. The predicted octanol–water partition coefficient (Wildman–Crippen LogP) is -1.29. The number of nitrogens with one attached hydrogen (secondary N) is 2. The largest absolute Gasteiger partial charge is 0.508 e. The molecule has 0 aliphatic carbocycles. The highest BCUT2D eigenvalue weighted by molar-refractivity contribution is 7.80. The number of phenols is 1. The number of carboxylic acids is 2. The van der Waals surface area contributed by atoms with E-state index in [1.807, 2.05) is 0 Å². The van der Waals surface area contributed by atoms with Gasteiger partial charge in [0.2, 0.25) is 17.7 Å². The molecule has 12 nitrogen and oxygen atoms in total. The van der Waals surface area contributed by atoms with Crippen molar-refractivity contribution in [3.63, 3.8) is 0 Å². The fourth-order valence-electron chi connectivity index (χ4n) is 3.58. The maximum atomic E-state index is 13.4. The van der Waals surface area contributed by atoms with Crippen LogP contribution in [0.2, 0.25) is 0 Å². The molecule has 4 atom stereocenters. The molecule has 1 aliphatic heterocycles. The van der Waals surface area contributed by atoms with E-state index >= 15 is 0 Å². The van der Waals surface area contributed by atoms with Crippen LogP contribution in [0, 0.1) is 0 Å². The van der Waals surface area contributed by atoms with Crippen molar-refractivity contribution in [3.8, 4) is 5.75 Å². The van der Waals surface area contributed by atoms with Gasteiger partial charge in [0, 0.05) is 18.7 Å². The molecule has 1 aromatic carbocycles. The van der Waals surface area contributed by atoms with E-state index < -0.39 is 60.2 Å². The van der Waals surface area contributed by atoms with Gasteiger partial charge in [-0.2, -0.15) is 12.6 Å². The fraction of sp³-hybridized carbons (Fsp3) is 0.476. The van der Waals surface area contributed by atoms with Gasteiger partial charge in [-0.3, -0.25) is 19.2 Å². The van der Waals surface area contributed by atoms with Crippen LogP contribution in [0.1, 0.15) is 24.8 Å². The highest BCUT2D eigenvalue weighted by atomic mass is 32.1. The second kappa shape index (κ2) is 12.2. The first-order valence-corrected chi connectivity index (χ1v) is 11.2. The number of hydrogen-bond acceptors (Lipinski definition) is 8. The number of amides is 3. The van der Waals surface area contributed by atoms with Gasteiger partial charge in [0.25, 0.3) is 0 Å². The minimum Gasteiger partial charge on any atom is -0.508 e. The van der Waals surface area contributed by atoms with Gasteiger partial charge < -0.3 is 36.6 Å². The van der Waals surface area contributed by atoms with E-state index in [2.05, 4.69) is 23.3 Å². The number of carbonyl (C=O) groups is 5. The number of carbonyl (C=O) groups excluding carboxylic acids is 3. The lowest BCUT2D eigenvalue weighted by Gasteiger charge is -2.30. The zero-order valence-corrected chi connectivity index (χ0v) is 19.1. The van der Waals surface area contributed by atoms with Gasteiger partial charge in [0.05, 0.1) is 12.5 Å². The summed E-state index contributed by atoms with van der Waals surface area (Å²) in [6, 6.07) is 1.18. The van der Waals surface area contributed by atoms with Crippen LogP contribution >= 0.6 is 12.6 Å². The van der Waals surface area contributed by atoms with Gasteiger partial charge in [-0.1, -0.05) is 12.1 Å². The van der Waals surface area contributed by atoms with Crippen molar-refractivity contribution in [2.75, 3.05) is 12.3 Å². The first-order valence-electron chi connectivity index (χ1n) is 10.5. The van der Waals surface area contributed by atoms with Crippen molar-refractivity contribution in [2.24, 2.45) is 5.73 Å². The Hall–Kier alpha value is -3.32. The minimum absolute atomic E-state index is 0.00703. The first kappa shape index (κ1) is 26.9. The number of hydrogen-bond donors (Lipinski definition) is 7. The summed E-state index contributed by atoms with van der Waals surface area (Å²) in [6.07, 6.45) is 0.139. The Morgan fingerprint density at radius 2 is 1.74 bits per heavy atom. The topological polar surface area (TPSA) is 199 Å². The van der Waals surface area contributed by atoms with Crippen molar-refractivity contribution in [2.45, 2.75) is 49.9 Å². The molecule has 1 fully saturated rings. The summed E-state index contributed by atoms with van der Waals surface area (Å²) in [7, 11) is 0. The number of likely N-dealkylation sites (tertiary alicyclic amines) is 1. The third-order valence-corrected chi connectivity index (χ3v) is 5.72. The molecule has 0 bridgehead atoms. The van der Waals surface area contributed by atoms with Crippen LogP contribution in [-0.4, -0.2) is 86.3 Å². The van der Waals surface area contributed by atoms with E-state index in [1.54, 1.807) is 12.1 Å². The molecule has 3 amide bonds. The van der Waals surface area contributed by atoms with Crippen molar-refractivity contribution in [1.29, 1.82) is 0 Å². The third kappa shape index (κ3) is 7.35. The third-order valence-electron chi connectivity index (χ3n) is 5.36. The van der Waals surface area contributed by atoms with Crippen LogP contribution in [0.4, 0.5) is 0 Å². The van der Waals surface area contributed by atoms with Crippen LogP contribution in [0.3, 0.4) is 0 Å². The number of thiol groups is 1. The number of aliphatic carboxylic acids is 2. The van der Waals surface area contributed by atoms with Crippen LogP contribution < -0.4 is 16.4 Å². The van der Waals surface area contributed by atoms with E-state index in [1.165, 1.54) is 17.0 Å². The van der Waals surface area contributed by atoms with Crippen LogP contribution in [0.5, 0.6) is 5.75 Å². The first-order chi connectivity index (χ1) is 16.0. The van der Waals surface area contributed by atoms with E-state index in [0.29, 0.717) is 18.4 Å². The molecule has 34 heavy (non-hydrogen) atoms. The second-order valence-electron chi connectivity index (χ2n) is 7.91. The molecule has 186 valence electrons. The number of benzene rings is 1. The summed E-state index contributed by atoms with van der Waals surface area (Å²) in [5, 5.41) is 32.4. The predicted molar refractivity (Wildman–Crippen MR) is 122 cm³/mol. The molecule has 0 spiro atoms. The lowest BCUT2D eigenvalue weighted by Crippen LogP contribution is -2.57. The average molecular weight is 497 g/mol. The maximum absolute atomic E-state index is 13.4. The maximum Gasteiger partial charge on any atom is 0.327 e. The van der Waals surface area contributed by atoms with E-state index in [0.717, 1.165) is 0 Å². The Morgan fingerprint density at radius 3 is 2.29 bits per heavy atom. The molecular weight excluding hydrogens is 468 g/mol. The molecule has 0 radical (unpaired) electrons. The van der Waals surface area contributed by atoms with E-state index in [-0.39, 0.29) is 24.5 Å². The zero-order chi connectivity index (χ0) is 25.4. The molecule has 0 aromatic heterocycles. The molecule has 4 unspecified atom stereocenters. The second-order valence-corrected chi connectivity index (χ2v) is 8.27. The number of carboxylic acid groups (broad SMARTS) is 2. The van der Waals surface area contributed by atoms with Gasteiger partial charge in [0.15, 0.2) is 0 Å². The molecule has 7 N–H and O–H groups in total. The van der Waals surface area contributed by atoms with Crippen molar-refractivity contribution in [3.05, 3.63) is 29.8 Å². The van der Waals surface area contributed by atoms with E-state index in [4.69, 9.17) is 15.9 Å². The summed E-state index contributed by atoms with van der Waals surface area (Å²) < 4.78 is 0. The fourth-order valence-corrected chi connectivity index (χ4v) is 3.83. The molecule has 1 saturated heterocycles. The highest BCUT2D eigenvalue weighted by Gasteiger charge is 2.39. The van der Waals surface area contributed by atoms with E-state index in [9.17, 15) is 29.1 Å². The number of nitrogens with zero attached hydrogens (tertiary/aromatic N) is 1. The molecule has 1 aliphatic rings. The SMILES string of the molecule is NC(CC(=O)O)C(=O)NC(Cc1ccc(O)cc1)C(=O)N1CCCC1C(=O)NC(CS)C(=O)O. The van der Waals surface area contributed by atoms with Crippen LogP contribution in [-0.2, 0) is 30.4 Å². The van der Waals surface area contributed by atoms with Crippen LogP contribution in [0.15, 0.2) is 24.3 Å². The van der Waals surface area contributed by atoms with Gasteiger partial charge in [-0.05, 0) is 30.5 Å². The molecule has 1 aromatic rings. The Balaban J connectivity index is 2.23. The molecule has 1 heterocycles. The number of rotatable bonds is 11. The Bertz CT molecular complexity index is 926. The molecule has 0 saturated carbocycles. The number of phenolic OH excluding ortho intramolecular Hbond substituents is 1. The zero-order valence-electron chi connectivity index (χ0n) is 18.2. The normalized spacial score (nSPS) is 17.9. The smallest absolute Gasteiger partial charge is 0.327 e. The molecule has 2 rings (SSSR count). The van der Waals surface area contributed by atoms with Gasteiger partial charge in [-0.15, -0.1) is 0 Å². The summed E-state index contributed by atoms with van der Waals surface area (Å²) in [5.41, 5.74) is 6.22. The summed E-state index contributed by atoms with van der Waals surface area (Å²) in [6.45, 7) is 0.207. The average Bonchev–Trinajstić information content (AvgIpc) is 3.27. The Labute approximate surface area is 200 Å². The van der Waals surface area contributed by atoms with Gasteiger partial charge in [0.1, 0.15) is 23.9 Å². The quantitative estimate of drug-likeness (QED) is 0.182. The van der Waals surface area contributed by atoms with Crippen molar-refractivity contribution >= 4 is 42.3 Å². The van der Waals surface area contributed by atoms with Crippen molar-refractivity contribution in [1.82, 2.24) is 15.5 Å². The Morgan fingerprint density at radius 1 is 1.09 bits per heavy atom. The lowest BCUT2D eigenvalue weighted by atomic mass is 10.0. The molecular formula is C21H28N4O8S. The summed E-state index contributed by atoms with van der Waals surface area (Å²) >= 11 is 3.92. The van der Waals surface area contributed by atoms with Crippen LogP contribution in [0.25, 0.3) is 0 Å².